The van der Waals surface area contributed by atoms with E-state index in [1.54, 1.807) is 12.5 Å². The van der Waals surface area contributed by atoms with Crippen LogP contribution in [-0.2, 0) is 6.54 Å². The predicted molar refractivity (Wildman–Crippen MR) is 95.6 cm³/mol. The van der Waals surface area contributed by atoms with Gasteiger partial charge in [0.05, 0.1) is 5.69 Å². The molecule has 5 nitrogen and oxygen atoms in total. The van der Waals surface area contributed by atoms with Gasteiger partial charge in [-0.2, -0.15) is 0 Å². The fourth-order valence-corrected chi connectivity index (χ4v) is 2.78. The lowest BCUT2D eigenvalue weighted by Gasteiger charge is -2.07. The number of benzene rings is 1. The molecule has 0 aliphatic carbocycles. The number of fused-ring (bicyclic) bond motifs is 1. The lowest BCUT2D eigenvalue weighted by Crippen LogP contribution is -2.02. The number of rotatable bonds is 4. The van der Waals surface area contributed by atoms with Crippen molar-refractivity contribution in [2.75, 3.05) is 5.32 Å². The van der Waals surface area contributed by atoms with Gasteiger partial charge < -0.3 is 10.3 Å². The number of pyridine rings is 1. The average Bonchev–Trinajstić information content (AvgIpc) is 3.04. The molecule has 4 aromatic rings. The van der Waals surface area contributed by atoms with Gasteiger partial charge in [0.15, 0.2) is 0 Å². The summed E-state index contributed by atoms with van der Waals surface area (Å²) < 4.78 is 0. The Hall–Kier alpha value is -3.21. The normalized spacial score (nSPS) is 10.9. The first-order valence-electron chi connectivity index (χ1n) is 7.83. The maximum absolute atomic E-state index is 4.40. The van der Waals surface area contributed by atoms with Crippen LogP contribution in [0, 0.1) is 6.92 Å². The smallest absolute Gasteiger partial charge is 0.137 e. The number of nitrogens with zero attached hydrogens (tertiary/aromatic N) is 3. The van der Waals surface area contributed by atoms with Crippen LogP contribution in [0.3, 0.4) is 0 Å². The number of nitrogens with one attached hydrogen (secondary N) is 2. The monoisotopic (exact) mass is 315 g/mol. The molecule has 0 aliphatic heterocycles. The molecule has 0 radical (unpaired) electrons. The van der Waals surface area contributed by atoms with Crippen molar-refractivity contribution in [1.29, 1.82) is 0 Å². The van der Waals surface area contributed by atoms with E-state index in [9.17, 15) is 0 Å². The molecular formula is C19H17N5. The van der Waals surface area contributed by atoms with Crippen molar-refractivity contribution >= 4 is 16.9 Å². The Kier molecular flexibility index (Phi) is 3.67. The van der Waals surface area contributed by atoms with Gasteiger partial charge in [-0.15, -0.1) is 0 Å². The molecule has 5 heteroatoms. The Bertz CT molecular complexity index is 990. The molecule has 3 aromatic heterocycles. The number of aryl methyl sites for hydroxylation is 1. The van der Waals surface area contributed by atoms with Crippen LogP contribution < -0.4 is 5.32 Å². The van der Waals surface area contributed by atoms with Gasteiger partial charge in [-0.3, -0.25) is 0 Å². The Morgan fingerprint density at radius 2 is 2.00 bits per heavy atom. The third-order valence-corrected chi connectivity index (χ3v) is 3.95. The Morgan fingerprint density at radius 1 is 1.04 bits per heavy atom. The van der Waals surface area contributed by atoms with Crippen molar-refractivity contribution in [2.45, 2.75) is 13.5 Å². The third-order valence-electron chi connectivity index (χ3n) is 3.95. The molecule has 0 unspecified atom stereocenters. The minimum absolute atomic E-state index is 0.730. The van der Waals surface area contributed by atoms with Crippen LogP contribution in [0.2, 0.25) is 0 Å². The van der Waals surface area contributed by atoms with Crippen LogP contribution in [0.1, 0.15) is 11.1 Å². The van der Waals surface area contributed by atoms with Gasteiger partial charge in [-0.05, 0) is 24.6 Å². The number of H-pyrrole nitrogens is 1. The molecule has 1 aromatic carbocycles. The zero-order valence-electron chi connectivity index (χ0n) is 13.3. The highest BCUT2D eigenvalue weighted by atomic mass is 15.0. The van der Waals surface area contributed by atoms with Gasteiger partial charge in [0.25, 0.3) is 0 Å². The van der Waals surface area contributed by atoms with E-state index in [0.717, 1.165) is 34.7 Å². The molecule has 0 aliphatic rings. The summed E-state index contributed by atoms with van der Waals surface area (Å²) >= 11 is 0. The van der Waals surface area contributed by atoms with Crippen LogP contribution in [0.25, 0.3) is 22.3 Å². The highest BCUT2D eigenvalue weighted by Gasteiger charge is 2.08. The van der Waals surface area contributed by atoms with Crippen LogP contribution in [-0.4, -0.2) is 19.9 Å². The summed E-state index contributed by atoms with van der Waals surface area (Å²) in [6.07, 6.45) is 5.30. The first kappa shape index (κ1) is 14.4. The summed E-state index contributed by atoms with van der Waals surface area (Å²) in [6.45, 7) is 2.82. The van der Waals surface area contributed by atoms with E-state index in [1.165, 1.54) is 11.1 Å². The highest BCUT2D eigenvalue weighted by molar-refractivity contribution is 5.92. The van der Waals surface area contributed by atoms with Gasteiger partial charge in [0, 0.05) is 36.0 Å². The van der Waals surface area contributed by atoms with Crippen LogP contribution in [0.5, 0.6) is 0 Å². The Balaban J connectivity index is 1.60. The molecule has 4 rings (SSSR count). The quantitative estimate of drug-likeness (QED) is 0.598. The van der Waals surface area contributed by atoms with E-state index in [2.05, 4.69) is 56.4 Å². The molecule has 0 spiro atoms. The summed E-state index contributed by atoms with van der Waals surface area (Å²) in [5, 5.41) is 4.42. The molecule has 0 atom stereocenters. The highest BCUT2D eigenvalue weighted by Crippen LogP contribution is 2.26. The van der Waals surface area contributed by atoms with Gasteiger partial charge in [-0.25, -0.2) is 15.0 Å². The SMILES string of the molecule is Cc1cccc(CNc2cc(-c3c[nH]c4ncccc34)ncn2)c1. The van der Waals surface area contributed by atoms with Crippen molar-refractivity contribution in [2.24, 2.45) is 0 Å². The molecule has 0 amide bonds. The molecule has 0 fully saturated rings. The van der Waals surface area contributed by atoms with E-state index in [4.69, 9.17) is 0 Å². The maximum Gasteiger partial charge on any atom is 0.137 e. The molecule has 0 saturated carbocycles. The van der Waals surface area contributed by atoms with Crippen molar-refractivity contribution in [3.8, 4) is 11.3 Å². The first-order valence-corrected chi connectivity index (χ1v) is 7.83. The Morgan fingerprint density at radius 3 is 2.92 bits per heavy atom. The number of aromatic nitrogens is 4. The topological polar surface area (TPSA) is 66.5 Å². The van der Waals surface area contributed by atoms with Crippen molar-refractivity contribution in [3.05, 3.63) is 72.3 Å². The number of anilines is 1. The van der Waals surface area contributed by atoms with Crippen LogP contribution in [0.15, 0.2) is 61.2 Å². The molecule has 3 heterocycles. The zero-order valence-corrected chi connectivity index (χ0v) is 13.3. The molecular weight excluding hydrogens is 298 g/mol. The van der Waals surface area contributed by atoms with E-state index in [0.29, 0.717) is 0 Å². The number of hydrogen-bond acceptors (Lipinski definition) is 4. The number of aromatic amines is 1. The summed E-state index contributed by atoms with van der Waals surface area (Å²) in [5.74, 6) is 0.805. The molecule has 0 bridgehead atoms. The zero-order chi connectivity index (χ0) is 16.4. The minimum Gasteiger partial charge on any atom is -0.366 e. The molecule has 0 saturated heterocycles. The minimum atomic E-state index is 0.730. The molecule has 2 N–H and O–H groups in total. The standard InChI is InChI=1S/C19H17N5/c1-13-4-2-5-14(8-13)10-21-18-9-17(23-12-24-18)16-11-22-19-15(16)6-3-7-20-19/h2-9,11-12H,10H2,1H3,(H,20,22)(H,21,23,24). The fraction of sp³-hybridized carbons (Fsp3) is 0.105. The van der Waals surface area contributed by atoms with E-state index in [-0.39, 0.29) is 0 Å². The Labute approximate surface area is 139 Å². The largest absolute Gasteiger partial charge is 0.366 e. The van der Waals surface area contributed by atoms with Crippen LogP contribution in [0.4, 0.5) is 5.82 Å². The molecule has 24 heavy (non-hydrogen) atoms. The third kappa shape index (κ3) is 2.84. The number of hydrogen-bond donors (Lipinski definition) is 2. The second-order valence-electron chi connectivity index (χ2n) is 5.73. The van der Waals surface area contributed by atoms with Gasteiger partial charge in [-0.1, -0.05) is 29.8 Å². The van der Waals surface area contributed by atoms with Gasteiger partial charge in [0.2, 0.25) is 0 Å². The van der Waals surface area contributed by atoms with Crippen LogP contribution >= 0.6 is 0 Å². The summed E-state index contributed by atoms with van der Waals surface area (Å²) in [7, 11) is 0. The summed E-state index contributed by atoms with van der Waals surface area (Å²) in [4.78, 5) is 16.2. The van der Waals surface area contributed by atoms with E-state index >= 15 is 0 Å². The first-order chi connectivity index (χ1) is 11.8. The lowest BCUT2D eigenvalue weighted by molar-refractivity contribution is 1.08. The summed E-state index contributed by atoms with van der Waals surface area (Å²) in [6, 6.07) is 14.4. The van der Waals surface area contributed by atoms with Crippen molar-refractivity contribution in [3.63, 3.8) is 0 Å². The van der Waals surface area contributed by atoms with Gasteiger partial charge >= 0.3 is 0 Å². The average molecular weight is 315 g/mol. The molecule has 118 valence electrons. The summed E-state index contributed by atoms with van der Waals surface area (Å²) in [5.41, 5.74) is 5.24. The van der Waals surface area contributed by atoms with Crippen molar-refractivity contribution < 1.29 is 0 Å². The van der Waals surface area contributed by atoms with Crippen molar-refractivity contribution in [1.82, 2.24) is 19.9 Å². The second kappa shape index (κ2) is 6.12. The predicted octanol–water partition coefficient (Wildman–Crippen LogP) is 3.94. The van der Waals surface area contributed by atoms with Gasteiger partial charge in [0.1, 0.15) is 17.8 Å². The fourth-order valence-electron chi connectivity index (χ4n) is 2.78. The maximum atomic E-state index is 4.40. The van der Waals surface area contributed by atoms with E-state index < -0.39 is 0 Å². The lowest BCUT2D eigenvalue weighted by atomic mass is 10.1. The van der Waals surface area contributed by atoms with E-state index in [1.807, 2.05) is 24.4 Å². The second-order valence-corrected chi connectivity index (χ2v) is 5.73.